The molecule has 0 radical (unpaired) electrons. The summed E-state index contributed by atoms with van der Waals surface area (Å²) < 4.78 is 18.0. The number of aromatic nitrogens is 5. The van der Waals surface area contributed by atoms with Crippen molar-refractivity contribution in [3.05, 3.63) is 101 Å². The van der Waals surface area contributed by atoms with Gasteiger partial charge in [0.15, 0.2) is 11.5 Å². The van der Waals surface area contributed by atoms with Crippen LogP contribution in [0.25, 0.3) is 28.2 Å². The number of amides is 1. The zero-order valence-electron chi connectivity index (χ0n) is 19.8. The summed E-state index contributed by atoms with van der Waals surface area (Å²) in [6.07, 6.45) is 3.21. The molecule has 5 aromatic rings. The van der Waals surface area contributed by atoms with Gasteiger partial charge in [0, 0.05) is 39.3 Å². The number of hydrogen-bond donors (Lipinski definition) is 2. The number of benzene rings is 2. The molecule has 0 aliphatic carbocycles. The third kappa shape index (κ3) is 5.28. The summed E-state index contributed by atoms with van der Waals surface area (Å²) in [7, 11) is 0. The van der Waals surface area contributed by atoms with E-state index >= 15 is 0 Å². The number of aliphatic hydroxyl groups is 1. The van der Waals surface area contributed by atoms with Gasteiger partial charge in [-0.15, -0.1) is 0 Å². The van der Waals surface area contributed by atoms with Gasteiger partial charge >= 0.3 is 0 Å². The highest BCUT2D eigenvalue weighted by Gasteiger charge is 2.19. The molecule has 0 saturated carbocycles. The zero-order valence-corrected chi connectivity index (χ0v) is 20.5. The van der Waals surface area contributed by atoms with Gasteiger partial charge in [-0.3, -0.25) is 9.48 Å². The van der Waals surface area contributed by atoms with Crippen molar-refractivity contribution in [2.75, 3.05) is 11.9 Å². The Balaban J connectivity index is 1.58. The first-order chi connectivity index (χ1) is 17.9. The standard InChI is InChI=1S/C27H22ClFN6O2/c1-17-3-2-4-26(31-17)35-25(14-24(33-35)27(37)32-21-8-6-20(28)7-9-21)18-5-10-23(29)22(13-18)19-15-30-34(16-19)11-12-36/h2-10,13-16,36H,11-12H2,1H3,(H,32,37). The van der Waals surface area contributed by atoms with Crippen LogP contribution in [0.3, 0.4) is 0 Å². The van der Waals surface area contributed by atoms with Gasteiger partial charge < -0.3 is 10.4 Å². The Hall–Kier alpha value is -4.34. The van der Waals surface area contributed by atoms with Crippen molar-refractivity contribution in [1.82, 2.24) is 24.5 Å². The molecule has 0 atom stereocenters. The van der Waals surface area contributed by atoms with Crippen LogP contribution in [0.5, 0.6) is 0 Å². The molecule has 0 aliphatic rings. The van der Waals surface area contributed by atoms with E-state index in [1.165, 1.54) is 6.07 Å². The van der Waals surface area contributed by atoms with Crippen LogP contribution in [0, 0.1) is 12.7 Å². The fourth-order valence-corrected chi connectivity index (χ4v) is 4.01. The molecule has 0 spiro atoms. The highest BCUT2D eigenvalue weighted by molar-refractivity contribution is 6.30. The molecule has 3 aromatic heterocycles. The van der Waals surface area contributed by atoms with Gasteiger partial charge in [0.25, 0.3) is 5.91 Å². The Kier molecular flexibility index (Phi) is 6.80. The molecule has 10 heteroatoms. The normalized spacial score (nSPS) is 11.0. The van der Waals surface area contributed by atoms with E-state index in [1.807, 2.05) is 19.1 Å². The number of anilines is 1. The summed E-state index contributed by atoms with van der Waals surface area (Å²) >= 11 is 5.94. The molecular formula is C27H22ClFN6O2. The minimum absolute atomic E-state index is 0.0762. The van der Waals surface area contributed by atoms with Crippen LogP contribution in [0.2, 0.25) is 5.02 Å². The number of carbonyl (C=O) groups is 1. The topological polar surface area (TPSA) is 97.9 Å². The van der Waals surface area contributed by atoms with E-state index in [4.69, 9.17) is 16.7 Å². The van der Waals surface area contributed by atoms with E-state index in [1.54, 1.807) is 70.3 Å². The van der Waals surface area contributed by atoms with Gasteiger partial charge in [-0.2, -0.15) is 10.2 Å². The predicted molar refractivity (Wildman–Crippen MR) is 139 cm³/mol. The van der Waals surface area contributed by atoms with Crippen molar-refractivity contribution in [3.63, 3.8) is 0 Å². The zero-order chi connectivity index (χ0) is 25.9. The SMILES string of the molecule is Cc1cccc(-n2nc(C(=O)Nc3ccc(Cl)cc3)cc2-c2ccc(F)c(-c3cnn(CCO)c3)c2)n1. The van der Waals surface area contributed by atoms with Crippen LogP contribution in [-0.2, 0) is 6.54 Å². The highest BCUT2D eigenvalue weighted by atomic mass is 35.5. The van der Waals surface area contributed by atoms with Gasteiger partial charge in [-0.25, -0.2) is 14.1 Å². The van der Waals surface area contributed by atoms with Crippen molar-refractivity contribution >= 4 is 23.2 Å². The van der Waals surface area contributed by atoms with E-state index < -0.39 is 11.7 Å². The Labute approximate surface area is 217 Å². The average molecular weight is 517 g/mol. The first kappa shape index (κ1) is 24.4. The average Bonchev–Trinajstić information content (AvgIpc) is 3.54. The first-order valence-electron chi connectivity index (χ1n) is 11.5. The lowest BCUT2D eigenvalue weighted by atomic mass is 10.0. The van der Waals surface area contributed by atoms with Gasteiger partial charge in [0.05, 0.1) is 25.0 Å². The molecule has 186 valence electrons. The molecule has 5 rings (SSSR count). The van der Waals surface area contributed by atoms with Crippen LogP contribution in [0.1, 0.15) is 16.2 Å². The smallest absolute Gasteiger partial charge is 0.276 e. The van der Waals surface area contributed by atoms with Crippen molar-refractivity contribution in [2.45, 2.75) is 13.5 Å². The molecule has 0 bridgehead atoms. The number of hydrogen-bond acceptors (Lipinski definition) is 5. The second kappa shape index (κ2) is 10.3. The van der Waals surface area contributed by atoms with E-state index in [0.29, 0.717) is 45.5 Å². The van der Waals surface area contributed by atoms with E-state index in [0.717, 1.165) is 5.69 Å². The highest BCUT2D eigenvalue weighted by Crippen LogP contribution is 2.30. The summed E-state index contributed by atoms with van der Waals surface area (Å²) in [6.45, 7) is 2.09. The molecule has 2 N–H and O–H groups in total. The van der Waals surface area contributed by atoms with Gasteiger partial charge in [0.2, 0.25) is 0 Å². The van der Waals surface area contributed by atoms with Crippen LogP contribution in [-0.4, -0.2) is 42.2 Å². The largest absolute Gasteiger partial charge is 0.394 e. The summed E-state index contributed by atoms with van der Waals surface area (Å²) in [6, 6.07) is 18.6. The number of aliphatic hydroxyl groups excluding tert-OH is 1. The van der Waals surface area contributed by atoms with Gasteiger partial charge in [-0.1, -0.05) is 17.7 Å². The van der Waals surface area contributed by atoms with E-state index in [-0.39, 0.29) is 12.3 Å². The molecule has 0 aliphatic heterocycles. The number of rotatable bonds is 7. The molecule has 2 aromatic carbocycles. The Morgan fingerprint density at radius 2 is 1.89 bits per heavy atom. The fraction of sp³-hybridized carbons (Fsp3) is 0.111. The summed E-state index contributed by atoms with van der Waals surface area (Å²) in [5.41, 5.74) is 3.60. The quantitative estimate of drug-likeness (QED) is 0.312. The molecule has 37 heavy (non-hydrogen) atoms. The monoisotopic (exact) mass is 516 g/mol. The Bertz CT molecular complexity index is 1580. The molecule has 1 amide bonds. The number of pyridine rings is 1. The second-order valence-corrected chi connectivity index (χ2v) is 8.77. The molecule has 0 unspecified atom stereocenters. The fourth-order valence-electron chi connectivity index (χ4n) is 3.88. The van der Waals surface area contributed by atoms with Crippen molar-refractivity contribution in [3.8, 4) is 28.2 Å². The lowest BCUT2D eigenvalue weighted by molar-refractivity contribution is 0.102. The first-order valence-corrected chi connectivity index (χ1v) is 11.8. The van der Waals surface area contributed by atoms with Crippen LogP contribution in [0.15, 0.2) is 79.1 Å². The maximum absolute atomic E-state index is 14.9. The predicted octanol–water partition coefficient (Wildman–Crippen LogP) is 5.14. The van der Waals surface area contributed by atoms with Crippen molar-refractivity contribution in [2.24, 2.45) is 0 Å². The van der Waals surface area contributed by atoms with Crippen molar-refractivity contribution < 1.29 is 14.3 Å². The Morgan fingerprint density at radius 1 is 1.08 bits per heavy atom. The van der Waals surface area contributed by atoms with E-state index in [2.05, 4.69) is 20.5 Å². The summed E-state index contributed by atoms with van der Waals surface area (Å²) in [5.74, 6) is -0.322. The minimum Gasteiger partial charge on any atom is -0.394 e. The summed E-state index contributed by atoms with van der Waals surface area (Å²) in [4.78, 5) is 17.6. The van der Waals surface area contributed by atoms with Crippen LogP contribution < -0.4 is 5.32 Å². The minimum atomic E-state index is -0.423. The second-order valence-electron chi connectivity index (χ2n) is 8.34. The number of nitrogens with zero attached hydrogens (tertiary/aromatic N) is 5. The molecular weight excluding hydrogens is 495 g/mol. The number of halogens is 2. The molecule has 0 fully saturated rings. The summed E-state index contributed by atoms with van der Waals surface area (Å²) in [5, 5.41) is 21.3. The van der Waals surface area contributed by atoms with Gasteiger partial charge in [-0.05, 0) is 67.6 Å². The molecule has 3 heterocycles. The number of carbonyl (C=O) groups excluding carboxylic acids is 1. The van der Waals surface area contributed by atoms with Crippen molar-refractivity contribution in [1.29, 1.82) is 0 Å². The number of aryl methyl sites for hydroxylation is 1. The van der Waals surface area contributed by atoms with E-state index in [9.17, 15) is 9.18 Å². The Morgan fingerprint density at radius 3 is 2.65 bits per heavy atom. The molecule has 8 nitrogen and oxygen atoms in total. The molecule has 0 saturated heterocycles. The lowest BCUT2D eigenvalue weighted by Crippen LogP contribution is -2.13. The maximum atomic E-state index is 14.9. The third-order valence-corrected chi connectivity index (χ3v) is 5.92. The van der Waals surface area contributed by atoms with Gasteiger partial charge in [0.1, 0.15) is 5.82 Å². The lowest BCUT2D eigenvalue weighted by Gasteiger charge is -2.09. The number of nitrogens with one attached hydrogen (secondary N) is 1. The van der Waals surface area contributed by atoms with Crippen LogP contribution in [0.4, 0.5) is 10.1 Å². The van der Waals surface area contributed by atoms with Crippen LogP contribution >= 0.6 is 11.6 Å². The third-order valence-electron chi connectivity index (χ3n) is 5.67. The maximum Gasteiger partial charge on any atom is 0.276 e.